The van der Waals surface area contributed by atoms with E-state index < -0.39 is 0 Å². The van der Waals surface area contributed by atoms with Crippen molar-refractivity contribution in [2.75, 3.05) is 0 Å². The fraction of sp³-hybridized carbons (Fsp3) is 0.0500. The molecule has 2 nitrogen and oxygen atoms in total. The summed E-state index contributed by atoms with van der Waals surface area (Å²) >= 11 is 9.74. The van der Waals surface area contributed by atoms with Gasteiger partial charge in [-0.25, -0.2) is 9.37 Å². The fourth-order valence-electron chi connectivity index (χ4n) is 2.93. The van der Waals surface area contributed by atoms with E-state index in [-0.39, 0.29) is 5.82 Å². The first-order chi connectivity index (χ1) is 12.1. The van der Waals surface area contributed by atoms with Crippen molar-refractivity contribution in [1.29, 1.82) is 0 Å². The number of imidazole rings is 1. The van der Waals surface area contributed by atoms with Gasteiger partial charge in [-0.3, -0.25) is 0 Å². The van der Waals surface area contributed by atoms with E-state index in [0.29, 0.717) is 17.1 Å². The number of para-hydroxylation sites is 2. The largest absolute Gasteiger partial charge is 0.319 e. The minimum Gasteiger partial charge on any atom is -0.319 e. The average molecular weight is 416 g/mol. The smallest absolute Gasteiger partial charge is 0.141 e. The second-order valence-electron chi connectivity index (χ2n) is 5.72. The van der Waals surface area contributed by atoms with E-state index in [2.05, 4.69) is 15.9 Å². The van der Waals surface area contributed by atoms with Crippen LogP contribution in [0.1, 0.15) is 5.56 Å². The van der Waals surface area contributed by atoms with Crippen LogP contribution in [0.15, 0.2) is 71.2 Å². The summed E-state index contributed by atoms with van der Waals surface area (Å²) in [6.07, 6.45) is 0. The molecule has 0 spiro atoms. The summed E-state index contributed by atoms with van der Waals surface area (Å²) in [6, 6.07) is 20.5. The van der Waals surface area contributed by atoms with Gasteiger partial charge in [-0.05, 0) is 36.4 Å². The second-order valence-corrected chi connectivity index (χ2v) is 7.04. The van der Waals surface area contributed by atoms with Gasteiger partial charge >= 0.3 is 0 Å². The summed E-state index contributed by atoms with van der Waals surface area (Å²) in [4.78, 5) is 4.76. The molecule has 1 aromatic heterocycles. The van der Waals surface area contributed by atoms with Crippen LogP contribution in [0.3, 0.4) is 0 Å². The third-order valence-corrected chi connectivity index (χ3v) is 4.96. The standard InChI is InChI=1S/C20H13BrClFN2/c21-14-6-3-5-13(11-14)20-24-18-9-1-2-10-19(18)25(20)12-15-16(22)7-4-8-17(15)23/h1-11H,12H2. The van der Waals surface area contributed by atoms with Crippen molar-refractivity contribution in [3.63, 3.8) is 0 Å². The maximum atomic E-state index is 14.3. The zero-order valence-corrected chi connectivity index (χ0v) is 15.4. The van der Waals surface area contributed by atoms with E-state index in [9.17, 15) is 4.39 Å². The minimum atomic E-state index is -0.314. The molecule has 0 aliphatic rings. The van der Waals surface area contributed by atoms with Crippen molar-refractivity contribution in [3.8, 4) is 11.4 Å². The van der Waals surface area contributed by atoms with E-state index >= 15 is 0 Å². The van der Waals surface area contributed by atoms with Crippen molar-refractivity contribution >= 4 is 38.6 Å². The van der Waals surface area contributed by atoms with Gasteiger partial charge in [0.15, 0.2) is 0 Å². The highest BCUT2D eigenvalue weighted by Gasteiger charge is 2.16. The predicted molar refractivity (Wildman–Crippen MR) is 103 cm³/mol. The van der Waals surface area contributed by atoms with Crippen molar-refractivity contribution in [2.24, 2.45) is 0 Å². The molecular formula is C20H13BrClFN2. The van der Waals surface area contributed by atoms with Crippen LogP contribution in [0.4, 0.5) is 4.39 Å². The Labute approximate surface area is 158 Å². The summed E-state index contributed by atoms with van der Waals surface area (Å²) in [7, 11) is 0. The van der Waals surface area contributed by atoms with Crippen molar-refractivity contribution < 1.29 is 4.39 Å². The van der Waals surface area contributed by atoms with Crippen LogP contribution >= 0.6 is 27.5 Å². The van der Waals surface area contributed by atoms with Crippen molar-refractivity contribution in [2.45, 2.75) is 6.54 Å². The van der Waals surface area contributed by atoms with E-state index in [1.807, 2.05) is 53.1 Å². The summed E-state index contributed by atoms with van der Waals surface area (Å²) < 4.78 is 17.3. The number of nitrogens with zero attached hydrogens (tertiary/aromatic N) is 2. The maximum absolute atomic E-state index is 14.3. The number of aromatic nitrogens is 2. The molecule has 1 heterocycles. The molecule has 0 saturated carbocycles. The number of hydrogen-bond donors (Lipinski definition) is 0. The molecule has 5 heteroatoms. The lowest BCUT2D eigenvalue weighted by atomic mass is 10.2. The van der Waals surface area contributed by atoms with Crippen LogP contribution in [0, 0.1) is 5.82 Å². The third-order valence-electron chi connectivity index (χ3n) is 4.12. The Morgan fingerprint density at radius 2 is 1.80 bits per heavy atom. The van der Waals surface area contributed by atoms with Gasteiger partial charge in [-0.1, -0.05) is 57.9 Å². The molecule has 0 fully saturated rings. The molecule has 0 amide bonds. The Morgan fingerprint density at radius 1 is 1.00 bits per heavy atom. The number of hydrogen-bond acceptors (Lipinski definition) is 1. The zero-order valence-electron chi connectivity index (χ0n) is 13.1. The first-order valence-electron chi connectivity index (χ1n) is 7.77. The molecule has 0 atom stereocenters. The molecule has 4 rings (SSSR count). The molecule has 0 radical (unpaired) electrons. The molecule has 124 valence electrons. The van der Waals surface area contributed by atoms with Gasteiger partial charge in [-0.2, -0.15) is 0 Å². The van der Waals surface area contributed by atoms with Crippen LogP contribution in [0.2, 0.25) is 5.02 Å². The number of fused-ring (bicyclic) bond motifs is 1. The summed E-state index contributed by atoms with van der Waals surface area (Å²) in [5.74, 6) is 0.465. The molecule has 0 saturated heterocycles. The quantitative estimate of drug-likeness (QED) is 0.383. The van der Waals surface area contributed by atoms with Crippen LogP contribution < -0.4 is 0 Å². The SMILES string of the molecule is Fc1cccc(Cl)c1Cn1c(-c2cccc(Br)c2)nc2ccccc21. The number of benzene rings is 3. The van der Waals surface area contributed by atoms with Gasteiger partial charge in [0, 0.05) is 20.6 Å². The van der Waals surface area contributed by atoms with Gasteiger partial charge < -0.3 is 4.57 Å². The lowest BCUT2D eigenvalue weighted by Gasteiger charge is -2.12. The van der Waals surface area contributed by atoms with Crippen LogP contribution in [-0.4, -0.2) is 9.55 Å². The lowest BCUT2D eigenvalue weighted by molar-refractivity contribution is 0.602. The molecule has 0 aliphatic heterocycles. The Morgan fingerprint density at radius 3 is 2.60 bits per heavy atom. The maximum Gasteiger partial charge on any atom is 0.141 e. The highest BCUT2D eigenvalue weighted by molar-refractivity contribution is 9.10. The molecule has 4 aromatic rings. The molecular weight excluding hydrogens is 403 g/mol. The molecule has 0 N–H and O–H groups in total. The Kier molecular flexibility index (Phi) is 4.32. The van der Waals surface area contributed by atoms with Crippen LogP contribution in [0.25, 0.3) is 22.4 Å². The van der Waals surface area contributed by atoms with E-state index in [0.717, 1.165) is 26.9 Å². The summed E-state index contributed by atoms with van der Waals surface area (Å²) in [5, 5.41) is 0.415. The third kappa shape index (κ3) is 3.08. The first kappa shape index (κ1) is 16.3. The first-order valence-corrected chi connectivity index (χ1v) is 8.94. The second kappa shape index (κ2) is 6.62. The highest BCUT2D eigenvalue weighted by atomic mass is 79.9. The predicted octanol–water partition coefficient (Wildman–Crippen LogP) is 6.31. The van der Waals surface area contributed by atoms with Crippen molar-refractivity contribution in [1.82, 2.24) is 9.55 Å². The topological polar surface area (TPSA) is 17.8 Å². The van der Waals surface area contributed by atoms with E-state index in [4.69, 9.17) is 16.6 Å². The van der Waals surface area contributed by atoms with Crippen molar-refractivity contribution in [3.05, 3.63) is 87.6 Å². The lowest BCUT2D eigenvalue weighted by Crippen LogP contribution is -2.05. The van der Waals surface area contributed by atoms with Gasteiger partial charge in [0.25, 0.3) is 0 Å². The highest BCUT2D eigenvalue weighted by Crippen LogP contribution is 2.29. The number of halogens is 3. The molecule has 0 aliphatic carbocycles. The Balaban J connectivity index is 1.94. The molecule has 0 bridgehead atoms. The van der Waals surface area contributed by atoms with Gasteiger partial charge in [0.1, 0.15) is 11.6 Å². The zero-order chi connectivity index (χ0) is 17.4. The minimum absolute atomic E-state index is 0.313. The summed E-state index contributed by atoms with van der Waals surface area (Å²) in [6.45, 7) is 0.313. The molecule has 25 heavy (non-hydrogen) atoms. The summed E-state index contributed by atoms with van der Waals surface area (Å²) in [5.41, 5.74) is 3.23. The normalized spacial score (nSPS) is 11.2. The molecule has 3 aromatic carbocycles. The Hall–Kier alpha value is -2.17. The van der Waals surface area contributed by atoms with Gasteiger partial charge in [0.05, 0.1) is 17.6 Å². The number of rotatable bonds is 3. The van der Waals surface area contributed by atoms with E-state index in [1.54, 1.807) is 12.1 Å². The average Bonchev–Trinajstić information content (AvgIpc) is 2.97. The van der Waals surface area contributed by atoms with Crippen LogP contribution in [-0.2, 0) is 6.54 Å². The van der Waals surface area contributed by atoms with Gasteiger partial charge in [0.2, 0.25) is 0 Å². The molecule has 0 unspecified atom stereocenters. The Bertz CT molecular complexity index is 1050. The van der Waals surface area contributed by atoms with Crippen LogP contribution in [0.5, 0.6) is 0 Å². The monoisotopic (exact) mass is 414 g/mol. The van der Waals surface area contributed by atoms with E-state index in [1.165, 1.54) is 6.07 Å². The van der Waals surface area contributed by atoms with Gasteiger partial charge in [-0.15, -0.1) is 0 Å². The fourth-order valence-corrected chi connectivity index (χ4v) is 3.55.